The van der Waals surface area contributed by atoms with Crippen molar-refractivity contribution in [3.63, 3.8) is 0 Å². The lowest BCUT2D eigenvalue weighted by Crippen LogP contribution is -2.65. The minimum Gasteiger partial charge on any atom is -0.481 e. The number of Topliss-reactive ketones (excluding diaryl/α,β-unsaturated/α-hetero) is 1. The molecule has 2 spiro atoms. The summed E-state index contributed by atoms with van der Waals surface area (Å²) >= 11 is 0. The lowest BCUT2D eigenvalue weighted by atomic mass is 9.72. The van der Waals surface area contributed by atoms with Crippen molar-refractivity contribution < 1.29 is 58.1 Å². The van der Waals surface area contributed by atoms with E-state index in [1.165, 1.54) is 0 Å². The monoisotopic (exact) mass is 832 g/mol. The quantitative estimate of drug-likeness (QED) is 0.110. The molecule has 13 heteroatoms. The fraction of sp³-hybridized carbons (Fsp3) is 0.848. The Hall–Kier alpha value is -2.57. The molecule has 5 aliphatic rings. The van der Waals surface area contributed by atoms with E-state index in [-0.39, 0.29) is 36.2 Å². The number of hydrogen-bond acceptors (Lipinski definition) is 11. The Morgan fingerprint density at radius 1 is 0.949 bits per heavy atom. The number of aliphatic carboxylic acids is 1. The first-order valence-corrected chi connectivity index (χ1v) is 22.4. The zero-order valence-corrected chi connectivity index (χ0v) is 37.1. The van der Waals surface area contributed by atoms with Crippen LogP contribution in [0, 0.1) is 53.8 Å². The number of ether oxygens (including phenoxy) is 6. The molecule has 0 saturated carbocycles. The molecule has 59 heavy (non-hydrogen) atoms. The Kier molecular flexibility index (Phi) is 15.1. The number of amides is 1. The maximum Gasteiger partial charge on any atom is 0.408 e. The van der Waals surface area contributed by atoms with E-state index in [1.807, 2.05) is 60.6 Å². The molecule has 18 atom stereocenters. The fourth-order valence-electron chi connectivity index (χ4n) is 10.9. The van der Waals surface area contributed by atoms with E-state index in [0.29, 0.717) is 57.8 Å². The maximum atomic E-state index is 14.6. The molecule has 0 aromatic rings. The molecule has 0 aliphatic carbocycles. The van der Waals surface area contributed by atoms with Crippen LogP contribution >= 0.6 is 0 Å². The van der Waals surface area contributed by atoms with Gasteiger partial charge < -0.3 is 49.1 Å². The molecule has 0 bridgehead atoms. The third kappa shape index (κ3) is 9.45. The molecule has 5 heterocycles. The van der Waals surface area contributed by atoms with Crippen molar-refractivity contribution in [1.29, 1.82) is 0 Å². The van der Waals surface area contributed by atoms with Gasteiger partial charge in [-0.05, 0) is 89.5 Å². The zero-order valence-electron chi connectivity index (χ0n) is 37.1. The topological polar surface area (TPSA) is 179 Å². The van der Waals surface area contributed by atoms with Gasteiger partial charge in [0.15, 0.2) is 18.2 Å². The van der Waals surface area contributed by atoms with Crippen LogP contribution in [0.15, 0.2) is 12.2 Å². The summed E-state index contributed by atoms with van der Waals surface area (Å²) in [5.41, 5.74) is -1.76. The van der Waals surface area contributed by atoms with Crippen LogP contribution in [0.3, 0.4) is 0 Å². The van der Waals surface area contributed by atoms with Gasteiger partial charge in [0.05, 0.1) is 53.7 Å². The smallest absolute Gasteiger partial charge is 0.408 e. The number of alkyl carbamates (subject to hydrolysis) is 1. The molecule has 334 valence electrons. The molecule has 3 unspecified atom stereocenters. The average molecular weight is 832 g/mol. The molecule has 4 saturated heterocycles. The molecule has 0 aromatic carbocycles. The van der Waals surface area contributed by atoms with Gasteiger partial charge in [-0.15, -0.1) is 6.42 Å². The van der Waals surface area contributed by atoms with Crippen LogP contribution in [0.1, 0.15) is 133 Å². The SMILES string of the molecule is C#CCOC(=O)NC1C=C[C@]2(O[C@H](C(CC)C(=O)[C@@H](C)[C@@H](O)[C@H](C)[C@@H]3O[C@@H](C(CC)C(=O)O)CC[C@@H]3C)[C@@H](C)C[C@H]2C)O[C@@]12CC[C@@](C)([C@H]1CC[C@](O)(CC)[C@H](C)O1)O2. The van der Waals surface area contributed by atoms with Crippen LogP contribution in [0.5, 0.6) is 0 Å². The zero-order chi connectivity index (χ0) is 43.7. The number of aliphatic hydroxyl groups excluding tert-OH is 1. The highest BCUT2D eigenvalue weighted by Gasteiger charge is 2.63. The summed E-state index contributed by atoms with van der Waals surface area (Å²) in [6.45, 7) is 19.3. The van der Waals surface area contributed by atoms with Crippen LogP contribution in [0.2, 0.25) is 0 Å². The van der Waals surface area contributed by atoms with Gasteiger partial charge in [-0.3, -0.25) is 9.59 Å². The molecule has 0 aromatic heterocycles. The first-order chi connectivity index (χ1) is 27.7. The minimum atomic E-state index is -1.40. The van der Waals surface area contributed by atoms with Crippen molar-refractivity contribution in [3.8, 4) is 12.3 Å². The summed E-state index contributed by atoms with van der Waals surface area (Å²) in [7, 11) is 0. The number of aliphatic hydroxyl groups is 2. The molecule has 5 rings (SSSR count). The second-order valence-corrected chi connectivity index (χ2v) is 18.9. The Bertz CT molecular complexity index is 1570. The molecule has 4 fully saturated rings. The van der Waals surface area contributed by atoms with Gasteiger partial charge in [-0.25, -0.2) is 4.79 Å². The van der Waals surface area contributed by atoms with Crippen LogP contribution in [-0.4, -0.2) is 105 Å². The summed E-state index contributed by atoms with van der Waals surface area (Å²) < 4.78 is 39.4. The van der Waals surface area contributed by atoms with Gasteiger partial charge in [0, 0.05) is 30.1 Å². The average Bonchev–Trinajstić information content (AvgIpc) is 3.54. The first-order valence-electron chi connectivity index (χ1n) is 22.4. The van der Waals surface area contributed by atoms with Crippen molar-refractivity contribution in [3.05, 3.63) is 12.2 Å². The van der Waals surface area contributed by atoms with Gasteiger partial charge in [0.25, 0.3) is 0 Å². The molecule has 13 nitrogen and oxygen atoms in total. The normalized spacial score (nSPS) is 42.3. The lowest BCUT2D eigenvalue weighted by molar-refractivity contribution is -0.398. The first kappa shape index (κ1) is 47.5. The predicted octanol–water partition coefficient (Wildman–Crippen LogP) is 6.56. The van der Waals surface area contributed by atoms with Gasteiger partial charge in [-0.2, -0.15) is 0 Å². The number of carbonyl (C=O) groups excluding carboxylic acids is 2. The van der Waals surface area contributed by atoms with Gasteiger partial charge in [0.1, 0.15) is 11.8 Å². The number of rotatable bonds is 14. The number of carboxylic acids is 1. The summed E-state index contributed by atoms with van der Waals surface area (Å²) in [4.78, 5) is 39.6. The highest BCUT2D eigenvalue weighted by Crippen LogP contribution is 2.54. The Morgan fingerprint density at radius 2 is 1.64 bits per heavy atom. The molecule has 5 aliphatic heterocycles. The molecular weight excluding hydrogens is 759 g/mol. The highest BCUT2D eigenvalue weighted by atomic mass is 16.8. The third-order valence-corrected chi connectivity index (χ3v) is 15.0. The second-order valence-electron chi connectivity index (χ2n) is 18.9. The summed E-state index contributed by atoms with van der Waals surface area (Å²) in [6, 6.07) is -0.783. The van der Waals surface area contributed by atoms with Crippen LogP contribution in [0.25, 0.3) is 0 Å². The van der Waals surface area contributed by atoms with Crippen LogP contribution in [-0.2, 0) is 38.0 Å². The van der Waals surface area contributed by atoms with E-state index in [4.69, 9.17) is 34.8 Å². The third-order valence-electron chi connectivity index (χ3n) is 15.0. The minimum absolute atomic E-state index is 0.0394. The van der Waals surface area contributed by atoms with Gasteiger partial charge >= 0.3 is 12.1 Å². The molecule has 1 amide bonds. The van der Waals surface area contributed by atoms with Crippen molar-refractivity contribution in [2.24, 2.45) is 41.4 Å². The van der Waals surface area contributed by atoms with E-state index < -0.39 is 95.1 Å². The van der Waals surface area contributed by atoms with Gasteiger partial charge in [-0.1, -0.05) is 67.4 Å². The molecular formula is C46H73NO12. The number of nitrogens with one attached hydrogen (secondary N) is 1. The number of carboxylic acid groups (broad SMARTS) is 1. The number of ketones is 1. The number of terminal acetylenes is 1. The summed E-state index contributed by atoms with van der Waals surface area (Å²) in [6.07, 6.45) is 10.7. The van der Waals surface area contributed by atoms with Crippen molar-refractivity contribution >= 4 is 17.8 Å². The van der Waals surface area contributed by atoms with Crippen LogP contribution in [0.4, 0.5) is 4.79 Å². The number of hydrogen-bond donors (Lipinski definition) is 4. The van der Waals surface area contributed by atoms with E-state index in [9.17, 15) is 29.7 Å². The lowest BCUT2D eigenvalue weighted by Gasteiger charge is -2.55. The predicted molar refractivity (Wildman–Crippen MR) is 220 cm³/mol. The fourth-order valence-corrected chi connectivity index (χ4v) is 10.9. The Balaban J connectivity index is 1.38. The molecule has 4 N–H and O–H groups in total. The van der Waals surface area contributed by atoms with Crippen molar-refractivity contribution in [2.75, 3.05) is 6.61 Å². The molecule has 0 radical (unpaired) electrons. The standard InChI is InChI=1S/C46H73NO12/c1-12-24-54-42(52)47-35-18-21-45(59-46(35)23-22-43(11,58-46)36-19-20-44(53,15-4)31(10)55-36)28(7)25-27(6)40(57-45)33(14-3)38(49)29(8)37(48)30(9)39-26(5)16-17-34(56-39)32(13-2)41(50)51/h1,18,21,26-37,39-40,48,53H,13-17,19-20,22-25H2,2-11H3,(H,47,52)(H,50,51)/t26-,27-,28+,29-,30-,31-,32?,33?,34+,35?,36+,37+,39+,40-,43-,44+,45-,46-/m0/s1. The summed E-state index contributed by atoms with van der Waals surface area (Å²) in [5.74, 6) is -3.92. The van der Waals surface area contributed by atoms with E-state index in [0.717, 1.165) is 6.42 Å². The van der Waals surface area contributed by atoms with Gasteiger partial charge in [0.2, 0.25) is 0 Å². The second kappa shape index (κ2) is 18.8. The Morgan fingerprint density at radius 3 is 2.25 bits per heavy atom. The maximum absolute atomic E-state index is 14.6. The Labute approximate surface area is 352 Å². The van der Waals surface area contributed by atoms with E-state index >= 15 is 0 Å². The van der Waals surface area contributed by atoms with Crippen molar-refractivity contribution in [1.82, 2.24) is 5.32 Å². The summed E-state index contributed by atoms with van der Waals surface area (Å²) in [5, 5.41) is 35.7. The van der Waals surface area contributed by atoms with E-state index in [1.54, 1.807) is 6.92 Å². The largest absolute Gasteiger partial charge is 0.481 e. The number of carbonyl (C=O) groups is 3. The van der Waals surface area contributed by atoms with E-state index in [2.05, 4.69) is 25.1 Å². The van der Waals surface area contributed by atoms with Crippen molar-refractivity contribution in [2.45, 2.75) is 199 Å². The highest BCUT2D eigenvalue weighted by molar-refractivity contribution is 5.84. The van der Waals surface area contributed by atoms with Crippen LogP contribution < -0.4 is 5.32 Å².